The van der Waals surface area contributed by atoms with Crippen LogP contribution < -0.4 is 22.3 Å². The number of hydrogen-bond donors (Lipinski definition) is 5. The largest absolute Gasteiger partial charge is 0.472 e. The number of hydrogen-bond acceptors (Lipinski definition) is 12. The first-order valence-electron chi connectivity index (χ1n) is 18.1. The number of carbonyl (C=O) groups is 1. The summed E-state index contributed by atoms with van der Waals surface area (Å²) < 4.78 is 49.8. The van der Waals surface area contributed by atoms with Crippen molar-refractivity contribution in [2.24, 2.45) is 0 Å². The van der Waals surface area contributed by atoms with Crippen molar-refractivity contribution in [2.75, 3.05) is 18.5 Å². The quantitative estimate of drug-likeness (QED) is 0.0857. The van der Waals surface area contributed by atoms with Gasteiger partial charge in [-0.1, -0.05) is 77.6 Å². The first-order valence-corrected chi connectivity index (χ1v) is 19.6. The monoisotopic (exact) mass is 759 g/mol. The molecule has 2 aliphatic rings. The molecule has 2 saturated heterocycles. The molecule has 0 spiro atoms. The smallest absolute Gasteiger partial charge is 0.394 e. The van der Waals surface area contributed by atoms with Crippen LogP contribution in [0, 0.1) is 5.82 Å². The average Bonchev–Trinajstić information content (AvgIpc) is 3.67. The Balaban J connectivity index is 1.19. The molecular formula is C33H51FN5O12P. The maximum absolute atomic E-state index is 13.7. The van der Waals surface area contributed by atoms with Gasteiger partial charge in [0.05, 0.1) is 25.5 Å². The van der Waals surface area contributed by atoms with E-state index in [-0.39, 0.29) is 24.6 Å². The highest BCUT2D eigenvalue weighted by molar-refractivity contribution is 7.47. The maximum Gasteiger partial charge on any atom is 0.472 e. The molecule has 0 radical (unpaired) electrons. The molecular weight excluding hydrogens is 708 g/mol. The van der Waals surface area contributed by atoms with Crippen LogP contribution in [-0.4, -0.2) is 77.7 Å². The van der Waals surface area contributed by atoms with Crippen molar-refractivity contribution in [2.45, 2.75) is 140 Å². The molecule has 1 unspecified atom stereocenters. The number of nitrogens with one attached hydrogen (secondary N) is 2. The van der Waals surface area contributed by atoms with Gasteiger partial charge in [0, 0.05) is 25.5 Å². The molecule has 0 bridgehead atoms. The van der Waals surface area contributed by atoms with Gasteiger partial charge in [-0.15, -0.1) is 0 Å². The van der Waals surface area contributed by atoms with Crippen molar-refractivity contribution in [1.82, 2.24) is 19.1 Å². The standard InChI is InChI=1S/C33H51FN5O12P/c1-2-3-4-5-6-7-8-9-10-11-12-13-14-28(42)35-27-15-16-38(32(44)36-27)30-18-24(25(20-40)49-30)51-52(46,47)48-21-26-23(41)17-29(50-26)39-19-22(34)31(43)37-33(39)45/h15-16,19,23-26,29-30,40-41H,2-14,17-18,20-21H2,1H3,(H,46,47)(H,37,43,45)(H,35,36,42,44)/t23-,24-,25+,26+,29+,30+/m0/s1. The Morgan fingerprint density at radius 3 is 2.25 bits per heavy atom. The first kappa shape index (κ1) is 41.7. The fourth-order valence-corrected chi connectivity index (χ4v) is 7.22. The lowest BCUT2D eigenvalue weighted by atomic mass is 10.0. The van der Waals surface area contributed by atoms with E-state index in [1.807, 2.05) is 0 Å². The molecule has 7 atom stereocenters. The van der Waals surface area contributed by atoms with E-state index in [4.69, 9.17) is 18.5 Å². The Morgan fingerprint density at radius 2 is 1.62 bits per heavy atom. The van der Waals surface area contributed by atoms with E-state index in [2.05, 4.69) is 17.2 Å². The van der Waals surface area contributed by atoms with Gasteiger partial charge < -0.3 is 29.9 Å². The highest BCUT2D eigenvalue weighted by atomic mass is 31.2. The highest BCUT2D eigenvalue weighted by Gasteiger charge is 2.43. The molecule has 292 valence electrons. The number of phosphoric acid groups is 1. The van der Waals surface area contributed by atoms with E-state index in [1.165, 1.54) is 63.6 Å². The zero-order valence-electron chi connectivity index (χ0n) is 29.4. The van der Waals surface area contributed by atoms with Crippen LogP contribution in [0.5, 0.6) is 0 Å². The third-order valence-corrected chi connectivity index (χ3v) is 10.1. The van der Waals surface area contributed by atoms with Crippen molar-refractivity contribution >= 4 is 19.5 Å². The Bertz CT molecular complexity index is 1670. The summed E-state index contributed by atoms with van der Waals surface area (Å²) in [6, 6.07) is 1.42. The predicted molar refractivity (Wildman–Crippen MR) is 185 cm³/mol. The topological polar surface area (TPSA) is 234 Å². The fraction of sp³-hybridized carbons (Fsp3) is 0.727. The van der Waals surface area contributed by atoms with Crippen molar-refractivity contribution in [3.63, 3.8) is 0 Å². The van der Waals surface area contributed by atoms with Crippen LogP contribution >= 0.6 is 7.82 Å². The van der Waals surface area contributed by atoms with Crippen LogP contribution in [0.4, 0.5) is 10.2 Å². The number of anilines is 1. The maximum atomic E-state index is 13.7. The zero-order chi connectivity index (χ0) is 37.7. The molecule has 52 heavy (non-hydrogen) atoms. The van der Waals surface area contributed by atoms with Gasteiger partial charge in [0.15, 0.2) is 0 Å². The van der Waals surface area contributed by atoms with Gasteiger partial charge in [-0.3, -0.25) is 32.8 Å². The minimum atomic E-state index is -4.87. The Morgan fingerprint density at radius 1 is 1.00 bits per heavy atom. The number of ether oxygens (including phenoxy) is 2. The number of phosphoric ester groups is 1. The Kier molecular flexibility index (Phi) is 16.3. The van der Waals surface area contributed by atoms with Gasteiger partial charge in [0.2, 0.25) is 11.7 Å². The molecule has 1 amide bonds. The minimum absolute atomic E-state index is 0.0667. The molecule has 2 aromatic heterocycles. The van der Waals surface area contributed by atoms with E-state index in [0.717, 1.165) is 34.8 Å². The van der Waals surface area contributed by atoms with Crippen LogP contribution in [-0.2, 0) is 27.9 Å². The number of amides is 1. The second-order valence-electron chi connectivity index (χ2n) is 13.2. The lowest BCUT2D eigenvalue weighted by Crippen LogP contribution is -2.34. The lowest BCUT2D eigenvalue weighted by molar-refractivity contribution is -0.116. The van der Waals surface area contributed by atoms with E-state index >= 15 is 0 Å². The van der Waals surface area contributed by atoms with Gasteiger partial charge in [-0.05, 0) is 12.5 Å². The fourth-order valence-electron chi connectivity index (χ4n) is 6.26. The molecule has 0 aromatic carbocycles. The van der Waals surface area contributed by atoms with E-state index in [1.54, 1.807) is 4.98 Å². The summed E-state index contributed by atoms with van der Waals surface area (Å²) >= 11 is 0. The van der Waals surface area contributed by atoms with Crippen LogP contribution in [0.1, 0.15) is 116 Å². The van der Waals surface area contributed by atoms with Gasteiger partial charge in [-0.25, -0.2) is 14.2 Å². The second-order valence-corrected chi connectivity index (χ2v) is 14.6. The number of aromatic amines is 1. The molecule has 2 aromatic rings. The summed E-state index contributed by atoms with van der Waals surface area (Å²) in [4.78, 5) is 64.7. The minimum Gasteiger partial charge on any atom is -0.394 e. The molecule has 0 saturated carbocycles. The van der Waals surface area contributed by atoms with Gasteiger partial charge in [-0.2, -0.15) is 9.37 Å². The molecule has 4 heterocycles. The van der Waals surface area contributed by atoms with Gasteiger partial charge in [0.25, 0.3) is 5.56 Å². The number of aliphatic hydroxyl groups is 2. The molecule has 0 aliphatic carbocycles. The lowest BCUT2D eigenvalue weighted by Gasteiger charge is -2.21. The van der Waals surface area contributed by atoms with E-state index in [9.17, 15) is 43.2 Å². The molecule has 19 heteroatoms. The zero-order valence-corrected chi connectivity index (χ0v) is 30.3. The summed E-state index contributed by atoms with van der Waals surface area (Å²) in [6.45, 7) is 0.909. The normalized spacial score (nSPS) is 24.2. The van der Waals surface area contributed by atoms with Crippen LogP contribution in [0.15, 0.2) is 32.8 Å². The molecule has 4 rings (SSSR count). The molecule has 5 N–H and O–H groups in total. The van der Waals surface area contributed by atoms with Gasteiger partial charge in [0.1, 0.15) is 36.6 Å². The number of aromatic nitrogens is 4. The number of carbonyl (C=O) groups excluding carboxylic acids is 1. The number of H-pyrrole nitrogens is 1. The van der Waals surface area contributed by atoms with Gasteiger partial charge >= 0.3 is 19.2 Å². The molecule has 2 fully saturated rings. The van der Waals surface area contributed by atoms with E-state index in [0.29, 0.717) is 12.6 Å². The number of unbranched alkanes of at least 4 members (excludes halogenated alkanes) is 11. The number of aliphatic hydroxyl groups excluding tert-OH is 2. The van der Waals surface area contributed by atoms with Crippen molar-refractivity contribution in [1.29, 1.82) is 0 Å². The highest BCUT2D eigenvalue weighted by Crippen LogP contribution is 2.49. The van der Waals surface area contributed by atoms with Crippen LogP contribution in [0.25, 0.3) is 0 Å². The molecule has 17 nitrogen and oxygen atoms in total. The summed E-state index contributed by atoms with van der Waals surface area (Å²) in [5.74, 6) is -1.44. The third-order valence-electron chi connectivity index (χ3n) is 9.13. The SMILES string of the molecule is CCCCCCCCCCCCCCC(=O)Nc1ccn([C@H]2C[C@H](OP(=O)(O)OC[C@H]3O[C@@H](n4cc(F)c(=O)[nH]c4=O)C[C@@H]3O)[C@@H](CO)O2)c(=O)n1. The summed E-state index contributed by atoms with van der Waals surface area (Å²) in [7, 11) is -4.87. The number of rotatable bonds is 22. The average molecular weight is 760 g/mol. The van der Waals surface area contributed by atoms with Crippen LogP contribution in [0.2, 0.25) is 0 Å². The predicted octanol–water partition coefficient (Wildman–Crippen LogP) is 3.39. The van der Waals surface area contributed by atoms with E-state index < -0.39 is 80.7 Å². The summed E-state index contributed by atoms with van der Waals surface area (Å²) in [5, 5.41) is 22.8. The van der Waals surface area contributed by atoms with Crippen LogP contribution in [0.3, 0.4) is 0 Å². The Labute approximate surface area is 300 Å². The van der Waals surface area contributed by atoms with Crippen molar-refractivity contribution < 1.29 is 47.4 Å². The Hall–Kier alpha value is -3.09. The number of nitrogens with zero attached hydrogens (tertiary/aromatic N) is 3. The summed E-state index contributed by atoms with van der Waals surface area (Å²) in [5.41, 5.74) is -2.97. The first-order chi connectivity index (χ1) is 24.9. The molecule has 2 aliphatic heterocycles. The third kappa shape index (κ3) is 12.5. The van der Waals surface area contributed by atoms with Crippen molar-refractivity contribution in [3.05, 3.63) is 55.6 Å². The number of halogens is 1. The summed E-state index contributed by atoms with van der Waals surface area (Å²) in [6.07, 6.45) is 8.97. The van der Waals surface area contributed by atoms with Crippen molar-refractivity contribution in [3.8, 4) is 0 Å². The second kappa shape index (κ2) is 20.4.